The second-order valence-electron chi connectivity index (χ2n) is 5.65. The van der Waals surface area contributed by atoms with Crippen LogP contribution >= 0.6 is 0 Å². The molecule has 13 heteroatoms. The second-order valence-corrected chi connectivity index (χ2v) is 7.42. The molecule has 2 rings (SSSR count). The number of sulfonamides is 1. The molecule has 12 nitrogen and oxygen atoms in total. The first-order valence-corrected chi connectivity index (χ1v) is 8.93. The van der Waals surface area contributed by atoms with Crippen molar-refractivity contribution in [1.29, 1.82) is 0 Å². The van der Waals surface area contributed by atoms with Gasteiger partial charge < -0.3 is 4.90 Å². The van der Waals surface area contributed by atoms with Gasteiger partial charge in [0.25, 0.3) is 11.4 Å². The van der Waals surface area contributed by atoms with Crippen LogP contribution < -0.4 is 9.62 Å². The van der Waals surface area contributed by atoms with E-state index in [9.17, 15) is 28.6 Å². The first kappa shape index (κ1) is 20.1. The Morgan fingerprint density at radius 1 is 1.15 bits per heavy atom. The van der Waals surface area contributed by atoms with Crippen LogP contribution in [0.25, 0.3) is 0 Å². The first-order chi connectivity index (χ1) is 12.5. The van der Waals surface area contributed by atoms with E-state index in [1.807, 2.05) is 0 Å². The third-order valence-corrected chi connectivity index (χ3v) is 4.98. The Bertz CT molecular complexity index is 972. The minimum atomic E-state index is -4.27. The average Bonchev–Trinajstić information content (AvgIpc) is 2.59. The largest absolute Gasteiger partial charge is 0.363 e. The molecule has 0 aliphatic heterocycles. The van der Waals surface area contributed by atoms with Crippen LogP contribution in [0.4, 0.5) is 17.2 Å². The summed E-state index contributed by atoms with van der Waals surface area (Å²) in [6.45, 7) is 0.889. The first-order valence-electron chi connectivity index (χ1n) is 7.45. The van der Waals surface area contributed by atoms with Crippen molar-refractivity contribution in [3.63, 3.8) is 0 Å². The maximum atomic E-state index is 12.5. The second kappa shape index (κ2) is 7.59. The Labute approximate surface area is 154 Å². The van der Waals surface area contributed by atoms with Crippen molar-refractivity contribution < 1.29 is 18.3 Å². The molecule has 0 unspecified atom stereocenters. The van der Waals surface area contributed by atoms with Gasteiger partial charge in [-0.05, 0) is 13.0 Å². The summed E-state index contributed by atoms with van der Waals surface area (Å²) in [4.78, 5) is 29.7. The van der Waals surface area contributed by atoms with Gasteiger partial charge in [0.1, 0.15) is 17.2 Å². The smallest absolute Gasteiger partial charge is 0.280 e. The quantitative estimate of drug-likeness (QED) is 0.534. The standard InChI is InChI=1S/C14H16N6O6S/c1-9-11(19(21)22)6-10(7-12(9)20(23)24)27(25,26)16-8-13-15-5-4-14(17-13)18(2)3/h4-7,16H,8H2,1-3H3. The molecule has 144 valence electrons. The maximum Gasteiger partial charge on any atom is 0.280 e. The Balaban J connectivity index is 2.37. The molecule has 0 radical (unpaired) electrons. The number of anilines is 1. The van der Waals surface area contributed by atoms with Crippen LogP contribution in [0.3, 0.4) is 0 Å². The highest BCUT2D eigenvalue weighted by molar-refractivity contribution is 7.89. The van der Waals surface area contributed by atoms with Crippen LogP contribution in [0.15, 0.2) is 29.3 Å². The molecule has 0 saturated carbocycles. The van der Waals surface area contributed by atoms with Crippen LogP contribution in [-0.2, 0) is 16.6 Å². The lowest BCUT2D eigenvalue weighted by atomic mass is 10.1. The van der Waals surface area contributed by atoms with Crippen LogP contribution in [0.5, 0.6) is 0 Å². The molecule has 0 aliphatic rings. The number of hydrogen-bond acceptors (Lipinski definition) is 9. The molecule has 0 spiro atoms. The molecule has 0 fully saturated rings. The van der Waals surface area contributed by atoms with E-state index in [0.29, 0.717) is 5.82 Å². The predicted octanol–water partition coefficient (Wildman–Crippen LogP) is 1.15. The molecule has 27 heavy (non-hydrogen) atoms. The van der Waals surface area contributed by atoms with Crippen molar-refractivity contribution >= 4 is 27.2 Å². The van der Waals surface area contributed by atoms with E-state index < -0.39 is 36.1 Å². The topological polar surface area (TPSA) is 161 Å². The lowest BCUT2D eigenvalue weighted by Crippen LogP contribution is -2.25. The van der Waals surface area contributed by atoms with Crippen molar-refractivity contribution in [2.75, 3.05) is 19.0 Å². The van der Waals surface area contributed by atoms with Gasteiger partial charge in [-0.25, -0.2) is 23.1 Å². The minimum absolute atomic E-state index is 0.167. The molecule has 0 amide bonds. The predicted molar refractivity (Wildman–Crippen MR) is 94.9 cm³/mol. The van der Waals surface area contributed by atoms with Gasteiger partial charge >= 0.3 is 0 Å². The van der Waals surface area contributed by atoms with E-state index in [2.05, 4.69) is 14.7 Å². The zero-order chi connectivity index (χ0) is 20.4. The number of nitrogens with zero attached hydrogens (tertiary/aromatic N) is 5. The van der Waals surface area contributed by atoms with Gasteiger partial charge in [-0.2, -0.15) is 0 Å². The van der Waals surface area contributed by atoms with Crippen LogP contribution in [0.2, 0.25) is 0 Å². The Kier molecular flexibility index (Phi) is 5.66. The van der Waals surface area contributed by atoms with Gasteiger partial charge in [0, 0.05) is 32.4 Å². The molecule has 0 aliphatic carbocycles. The van der Waals surface area contributed by atoms with Crippen LogP contribution in [-0.4, -0.2) is 42.3 Å². The number of benzene rings is 1. The van der Waals surface area contributed by atoms with Crippen molar-refractivity contribution in [2.24, 2.45) is 0 Å². The average molecular weight is 396 g/mol. The molecule has 1 aromatic carbocycles. The van der Waals surface area contributed by atoms with Crippen molar-refractivity contribution in [3.8, 4) is 0 Å². The summed E-state index contributed by atoms with van der Waals surface area (Å²) in [5.74, 6) is 0.724. The fraction of sp³-hybridized carbons (Fsp3) is 0.286. The highest BCUT2D eigenvalue weighted by Gasteiger charge is 2.28. The summed E-state index contributed by atoms with van der Waals surface area (Å²) in [6.07, 6.45) is 1.45. The number of hydrogen-bond donors (Lipinski definition) is 1. The van der Waals surface area contributed by atoms with E-state index in [4.69, 9.17) is 0 Å². The Hall–Kier alpha value is -3.19. The number of nitrogens with one attached hydrogen (secondary N) is 1. The fourth-order valence-electron chi connectivity index (χ4n) is 2.16. The normalized spacial score (nSPS) is 11.2. The summed E-state index contributed by atoms with van der Waals surface area (Å²) in [5, 5.41) is 22.2. The van der Waals surface area contributed by atoms with E-state index in [1.54, 1.807) is 25.1 Å². The summed E-state index contributed by atoms with van der Waals surface area (Å²) in [6, 6.07) is 3.19. The summed E-state index contributed by atoms with van der Waals surface area (Å²) in [5.41, 5.74) is -1.54. The Morgan fingerprint density at radius 2 is 1.70 bits per heavy atom. The van der Waals surface area contributed by atoms with Crippen LogP contribution in [0.1, 0.15) is 11.4 Å². The molecule has 0 saturated heterocycles. The number of aromatic nitrogens is 2. The van der Waals surface area contributed by atoms with Gasteiger partial charge in [-0.1, -0.05) is 0 Å². The lowest BCUT2D eigenvalue weighted by molar-refractivity contribution is -0.395. The van der Waals surface area contributed by atoms with Gasteiger partial charge in [-0.3, -0.25) is 20.2 Å². The number of nitro benzene ring substituents is 2. The highest BCUT2D eigenvalue weighted by Crippen LogP contribution is 2.31. The fourth-order valence-corrected chi connectivity index (χ4v) is 3.18. The number of nitro groups is 2. The van der Waals surface area contributed by atoms with E-state index in [-0.39, 0.29) is 17.9 Å². The lowest BCUT2D eigenvalue weighted by Gasteiger charge is -2.12. The molecular weight excluding hydrogens is 380 g/mol. The van der Waals surface area contributed by atoms with Crippen molar-refractivity contribution in [3.05, 3.63) is 56.0 Å². The highest BCUT2D eigenvalue weighted by atomic mass is 32.2. The molecular formula is C14H16N6O6S. The maximum absolute atomic E-state index is 12.5. The molecule has 1 heterocycles. The van der Waals surface area contributed by atoms with Gasteiger partial charge in [0.05, 0.1) is 21.3 Å². The Morgan fingerprint density at radius 3 is 2.19 bits per heavy atom. The molecule has 1 aromatic heterocycles. The van der Waals surface area contributed by atoms with Crippen LogP contribution in [0, 0.1) is 27.2 Å². The summed E-state index contributed by atoms with van der Waals surface area (Å²) < 4.78 is 27.1. The van der Waals surface area contributed by atoms with Crippen molar-refractivity contribution in [1.82, 2.24) is 14.7 Å². The zero-order valence-corrected chi connectivity index (χ0v) is 15.4. The minimum Gasteiger partial charge on any atom is -0.363 e. The van der Waals surface area contributed by atoms with E-state index in [0.717, 1.165) is 12.1 Å². The summed E-state index contributed by atoms with van der Waals surface area (Å²) in [7, 11) is -0.771. The molecule has 0 bridgehead atoms. The van der Waals surface area contributed by atoms with Gasteiger partial charge in [0.15, 0.2) is 0 Å². The van der Waals surface area contributed by atoms with Gasteiger partial charge in [0.2, 0.25) is 10.0 Å². The van der Waals surface area contributed by atoms with Crippen molar-refractivity contribution in [2.45, 2.75) is 18.4 Å². The molecule has 2 aromatic rings. The zero-order valence-electron chi connectivity index (χ0n) is 14.6. The van der Waals surface area contributed by atoms with E-state index in [1.165, 1.54) is 13.1 Å². The summed E-state index contributed by atoms with van der Waals surface area (Å²) >= 11 is 0. The van der Waals surface area contributed by atoms with E-state index >= 15 is 0 Å². The SMILES string of the molecule is Cc1c([N+](=O)[O-])cc(S(=O)(=O)NCc2nccc(N(C)C)n2)cc1[N+](=O)[O-]. The third kappa shape index (κ3) is 4.51. The third-order valence-electron chi connectivity index (χ3n) is 3.60. The monoisotopic (exact) mass is 396 g/mol. The molecule has 1 N–H and O–H groups in total. The van der Waals surface area contributed by atoms with Gasteiger partial charge in [-0.15, -0.1) is 0 Å². The molecule has 0 atom stereocenters. The number of rotatable bonds is 7.